The van der Waals surface area contributed by atoms with E-state index in [-0.39, 0.29) is 24.4 Å². The fourth-order valence-corrected chi connectivity index (χ4v) is 3.10. The number of likely N-dealkylation sites (N-methyl/N-ethyl adjacent to an activating group) is 1. The molecule has 2 heterocycles. The van der Waals surface area contributed by atoms with Gasteiger partial charge in [-0.2, -0.15) is 5.10 Å². The van der Waals surface area contributed by atoms with Crippen molar-refractivity contribution in [1.29, 1.82) is 0 Å². The molecule has 1 N–H and O–H groups in total. The number of hydrogen-bond acceptors (Lipinski definition) is 4. The molecule has 0 radical (unpaired) electrons. The highest BCUT2D eigenvalue weighted by Gasteiger charge is 2.33. The van der Waals surface area contributed by atoms with Crippen molar-refractivity contribution >= 4 is 11.8 Å². The van der Waals surface area contributed by atoms with Gasteiger partial charge >= 0.3 is 0 Å². The molecule has 7 nitrogen and oxygen atoms in total. The predicted molar refractivity (Wildman–Crippen MR) is 93.5 cm³/mol. The first-order valence-corrected chi connectivity index (χ1v) is 8.42. The first-order valence-electron chi connectivity index (χ1n) is 8.42. The van der Waals surface area contributed by atoms with Crippen LogP contribution in [0.4, 0.5) is 0 Å². The molecule has 1 saturated heterocycles. The molecule has 2 aromatic rings. The number of hydrogen-bond donors (Lipinski definition) is 1. The fourth-order valence-electron chi connectivity index (χ4n) is 3.10. The number of benzene rings is 1. The molecular weight excluding hydrogens is 318 g/mol. The Hall–Kier alpha value is -2.67. The largest absolute Gasteiger partial charge is 0.358 e. The number of nitrogens with one attached hydrogen (secondary N) is 1. The maximum absolute atomic E-state index is 12.5. The minimum Gasteiger partial charge on any atom is -0.358 e. The summed E-state index contributed by atoms with van der Waals surface area (Å²) in [7, 11) is 1.63. The van der Waals surface area contributed by atoms with Gasteiger partial charge in [0.1, 0.15) is 12.6 Å². The Morgan fingerprint density at radius 2 is 2.00 bits per heavy atom. The first-order chi connectivity index (χ1) is 12.2. The Kier molecular flexibility index (Phi) is 5.45. The van der Waals surface area contributed by atoms with Crippen molar-refractivity contribution in [2.24, 2.45) is 0 Å². The lowest BCUT2D eigenvalue weighted by Gasteiger charge is -2.40. The molecule has 1 atom stereocenters. The van der Waals surface area contributed by atoms with E-state index >= 15 is 0 Å². The summed E-state index contributed by atoms with van der Waals surface area (Å²) in [6.07, 6.45) is 3.41. The number of amides is 2. The zero-order valence-electron chi connectivity index (χ0n) is 14.3. The summed E-state index contributed by atoms with van der Waals surface area (Å²) >= 11 is 0. The van der Waals surface area contributed by atoms with E-state index in [0.29, 0.717) is 26.2 Å². The van der Waals surface area contributed by atoms with Crippen LogP contribution >= 0.6 is 0 Å². The van der Waals surface area contributed by atoms with E-state index in [0.717, 1.165) is 5.56 Å². The van der Waals surface area contributed by atoms with E-state index in [2.05, 4.69) is 27.4 Å². The second kappa shape index (κ2) is 7.94. The Bertz CT molecular complexity index is 702. The monoisotopic (exact) mass is 341 g/mol. The van der Waals surface area contributed by atoms with E-state index in [1.165, 1.54) is 0 Å². The molecule has 0 saturated carbocycles. The molecule has 1 fully saturated rings. The number of carbonyl (C=O) groups excluding carboxylic acids is 2. The van der Waals surface area contributed by atoms with Gasteiger partial charge < -0.3 is 10.2 Å². The Morgan fingerprint density at radius 3 is 2.68 bits per heavy atom. The fraction of sp³-hybridized carbons (Fsp3) is 0.389. The average Bonchev–Trinajstić information content (AvgIpc) is 3.15. The van der Waals surface area contributed by atoms with Gasteiger partial charge in [-0.25, -0.2) is 0 Å². The molecule has 0 unspecified atom stereocenters. The molecule has 1 aromatic heterocycles. The van der Waals surface area contributed by atoms with Crippen LogP contribution in [0.2, 0.25) is 0 Å². The Balaban J connectivity index is 1.67. The van der Waals surface area contributed by atoms with Crippen molar-refractivity contribution in [3.63, 3.8) is 0 Å². The van der Waals surface area contributed by atoms with E-state index in [1.54, 1.807) is 35.1 Å². The minimum absolute atomic E-state index is 0.0167. The molecule has 1 aliphatic rings. The van der Waals surface area contributed by atoms with Crippen LogP contribution in [0.1, 0.15) is 5.56 Å². The third-order valence-electron chi connectivity index (χ3n) is 4.48. The number of piperazine rings is 1. The van der Waals surface area contributed by atoms with Gasteiger partial charge in [0, 0.05) is 45.6 Å². The van der Waals surface area contributed by atoms with Crippen LogP contribution in [0.15, 0.2) is 48.8 Å². The molecule has 3 rings (SSSR count). The number of aromatic nitrogens is 2. The van der Waals surface area contributed by atoms with Crippen LogP contribution in [0.25, 0.3) is 0 Å². The maximum Gasteiger partial charge on any atom is 0.244 e. The van der Waals surface area contributed by atoms with Crippen LogP contribution in [0, 0.1) is 0 Å². The summed E-state index contributed by atoms with van der Waals surface area (Å²) in [5.74, 6) is -0.0792. The number of carbonyl (C=O) groups is 2. The number of nitrogens with zero attached hydrogens (tertiary/aromatic N) is 4. The quantitative estimate of drug-likeness (QED) is 0.852. The zero-order chi connectivity index (χ0) is 17.6. The molecule has 2 amide bonds. The van der Waals surface area contributed by atoms with Crippen molar-refractivity contribution in [3.05, 3.63) is 54.4 Å². The van der Waals surface area contributed by atoms with Gasteiger partial charge in [0.2, 0.25) is 11.8 Å². The summed E-state index contributed by atoms with van der Waals surface area (Å²) in [5.41, 5.74) is 1.16. The van der Waals surface area contributed by atoms with Gasteiger partial charge in [0.25, 0.3) is 0 Å². The van der Waals surface area contributed by atoms with Crippen molar-refractivity contribution in [1.82, 2.24) is 24.9 Å². The third kappa shape index (κ3) is 4.24. The number of rotatable bonds is 5. The van der Waals surface area contributed by atoms with Gasteiger partial charge in [-0.15, -0.1) is 0 Å². The van der Waals surface area contributed by atoms with Crippen molar-refractivity contribution < 1.29 is 9.59 Å². The molecule has 1 aromatic carbocycles. The van der Waals surface area contributed by atoms with E-state index in [4.69, 9.17) is 0 Å². The van der Waals surface area contributed by atoms with Crippen LogP contribution in [-0.4, -0.2) is 64.1 Å². The Labute approximate surface area is 147 Å². The van der Waals surface area contributed by atoms with Gasteiger partial charge in [-0.1, -0.05) is 30.3 Å². The highest BCUT2D eigenvalue weighted by atomic mass is 16.2. The smallest absolute Gasteiger partial charge is 0.244 e. The van der Waals surface area contributed by atoms with E-state index < -0.39 is 0 Å². The normalized spacial score (nSPS) is 18.1. The van der Waals surface area contributed by atoms with Crippen molar-refractivity contribution in [2.75, 3.05) is 26.7 Å². The lowest BCUT2D eigenvalue weighted by molar-refractivity contribution is -0.138. The lowest BCUT2D eigenvalue weighted by Crippen LogP contribution is -2.59. The third-order valence-corrected chi connectivity index (χ3v) is 4.48. The van der Waals surface area contributed by atoms with Crippen molar-refractivity contribution in [3.8, 4) is 0 Å². The highest BCUT2D eigenvalue weighted by molar-refractivity contribution is 5.83. The van der Waals surface area contributed by atoms with Gasteiger partial charge in [-0.3, -0.25) is 19.2 Å². The molecule has 0 spiro atoms. The Morgan fingerprint density at radius 1 is 1.20 bits per heavy atom. The van der Waals surface area contributed by atoms with Crippen LogP contribution in [0.5, 0.6) is 0 Å². The second-order valence-electron chi connectivity index (χ2n) is 6.13. The second-order valence-corrected chi connectivity index (χ2v) is 6.13. The first kappa shape index (κ1) is 17.2. The van der Waals surface area contributed by atoms with Gasteiger partial charge in [-0.05, 0) is 11.6 Å². The van der Waals surface area contributed by atoms with Gasteiger partial charge in [0.05, 0.1) is 0 Å². The molecule has 25 heavy (non-hydrogen) atoms. The lowest BCUT2D eigenvalue weighted by atomic mass is 10.1. The molecule has 0 bridgehead atoms. The molecule has 0 aliphatic carbocycles. The molecule has 7 heteroatoms. The van der Waals surface area contributed by atoms with Crippen molar-refractivity contribution in [2.45, 2.75) is 19.1 Å². The minimum atomic E-state index is -0.347. The zero-order valence-corrected chi connectivity index (χ0v) is 14.3. The average molecular weight is 341 g/mol. The molecular formula is C18H23N5O2. The summed E-state index contributed by atoms with van der Waals surface area (Å²) < 4.78 is 1.60. The summed E-state index contributed by atoms with van der Waals surface area (Å²) in [5, 5.41) is 6.79. The standard InChI is InChI=1S/C18H23N5O2/c1-19-18(25)16-13-22(17(24)14-23-9-5-8-20-23)11-10-21(16)12-15-6-3-2-4-7-15/h2-9,16H,10-14H2,1H3,(H,19,25)/t16-/m1/s1. The molecule has 1 aliphatic heterocycles. The van der Waals surface area contributed by atoms with Crippen LogP contribution < -0.4 is 5.32 Å². The summed E-state index contributed by atoms with van der Waals surface area (Å²) in [6.45, 7) is 2.57. The van der Waals surface area contributed by atoms with E-state index in [9.17, 15) is 9.59 Å². The summed E-state index contributed by atoms with van der Waals surface area (Å²) in [6, 6.07) is 11.5. The predicted octanol–water partition coefficient (Wildman–Crippen LogP) is 0.342. The SMILES string of the molecule is CNC(=O)[C@H]1CN(C(=O)Cn2cccn2)CCN1Cc1ccccc1. The topological polar surface area (TPSA) is 70.5 Å². The highest BCUT2D eigenvalue weighted by Crippen LogP contribution is 2.15. The maximum atomic E-state index is 12.5. The van der Waals surface area contributed by atoms with Crippen LogP contribution in [-0.2, 0) is 22.7 Å². The summed E-state index contributed by atoms with van der Waals surface area (Å²) in [4.78, 5) is 28.7. The van der Waals surface area contributed by atoms with Gasteiger partial charge in [0.15, 0.2) is 0 Å². The molecule has 132 valence electrons. The van der Waals surface area contributed by atoms with E-state index in [1.807, 2.05) is 18.2 Å². The van der Waals surface area contributed by atoms with Crippen LogP contribution in [0.3, 0.4) is 0 Å².